The average molecular weight is 282 g/mol. The van der Waals surface area contributed by atoms with E-state index in [0.29, 0.717) is 0 Å². The Kier molecular flexibility index (Phi) is 2.30. The van der Waals surface area contributed by atoms with Gasteiger partial charge in [-0.25, -0.2) is 4.98 Å². The lowest BCUT2D eigenvalue weighted by Gasteiger charge is -2.03. The summed E-state index contributed by atoms with van der Waals surface area (Å²) in [5, 5.41) is 5.21. The first-order valence-electron chi connectivity index (χ1n) is 7.33. The highest BCUT2D eigenvalue weighted by molar-refractivity contribution is 6.73. The van der Waals surface area contributed by atoms with Crippen molar-refractivity contribution in [1.29, 1.82) is 0 Å². The van der Waals surface area contributed by atoms with Gasteiger partial charge in [-0.05, 0) is 23.8 Å². The van der Waals surface area contributed by atoms with Gasteiger partial charge < -0.3 is 4.52 Å². The van der Waals surface area contributed by atoms with Gasteiger partial charge in [0.2, 0.25) is 0 Å². The topological polar surface area (TPSA) is 38.9 Å². The normalized spacial score (nSPS) is 12.0. The van der Waals surface area contributed by atoms with Crippen LogP contribution < -0.4 is 10.9 Å². The van der Waals surface area contributed by atoms with Crippen molar-refractivity contribution in [3.8, 4) is 22.6 Å². The lowest BCUT2D eigenvalue weighted by molar-refractivity contribution is 0.459. The largest absolute Gasteiger partial charge is 0.356 e. The van der Waals surface area contributed by atoms with Crippen LogP contribution in [0, 0.1) is 0 Å². The molecular weight excluding hydrogens is 271 g/mol. The molecule has 0 N–H and O–H groups in total. The van der Waals surface area contributed by atoms with Crippen LogP contribution in [0.25, 0.3) is 33.6 Å². The minimum Gasteiger partial charge on any atom is -0.356 e. The highest BCUT2D eigenvalue weighted by Crippen LogP contribution is 2.28. The summed E-state index contributed by atoms with van der Waals surface area (Å²) in [6.45, 7) is 0. The molecule has 2 aromatic heterocycles. The molecule has 0 atom stereocenters. The van der Waals surface area contributed by atoms with Crippen LogP contribution in [-0.4, -0.2) is 17.4 Å². The summed E-state index contributed by atoms with van der Waals surface area (Å²) in [7, 11) is 0.957. The first-order chi connectivity index (χ1) is 10.9. The summed E-state index contributed by atoms with van der Waals surface area (Å²) in [5.41, 5.74) is 7.38. The average Bonchev–Trinajstić information content (AvgIpc) is 3.15. The quantitative estimate of drug-likeness (QED) is 0.443. The zero-order valence-electron chi connectivity index (χ0n) is 11.8. The van der Waals surface area contributed by atoms with Crippen LogP contribution in [-0.2, 0) is 0 Å². The number of benzene rings is 2. The van der Waals surface area contributed by atoms with E-state index >= 15 is 0 Å². The molecule has 4 aromatic rings. The van der Waals surface area contributed by atoms with Crippen molar-refractivity contribution >= 4 is 29.2 Å². The van der Waals surface area contributed by atoms with Crippen LogP contribution in [0.3, 0.4) is 0 Å². The van der Waals surface area contributed by atoms with Crippen molar-refractivity contribution in [2.45, 2.75) is 0 Å². The smallest absolute Gasteiger partial charge is 0.196 e. The second kappa shape index (κ2) is 4.31. The van der Waals surface area contributed by atoms with Gasteiger partial charge in [0.25, 0.3) is 0 Å². The molecule has 1 aliphatic rings. The Balaban J connectivity index is 1.73. The van der Waals surface area contributed by atoms with Gasteiger partial charge in [-0.2, -0.15) is 0 Å². The van der Waals surface area contributed by atoms with Crippen LogP contribution >= 0.6 is 0 Å². The van der Waals surface area contributed by atoms with Gasteiger partial charge in [-0.1, -0.05) is 58.5 Å². The summed E-state index contributed by atoms with van der Waals surface area (Å²) in [6.07, 6.45) is 0. The van der Waals surface area contributed by atoms with Crippen LogP contribution in [0.15, 0.2) is 65.2 Å². The summed E-state index contributed by atoms with van der Waals surface area (Å²) >= 11 is 0. The molecule has 0 saturated heterocycles. The third-order valence-corrected chi connectivity index (χ3v) is 4.25. The molecule has 0 bridgehead atoms. The molecule has 1 aliphatic heterocycles. The molecule has 102 valence electrons. The van der Waals surface area contributed by atoms with Gasteiger partial charge in [0, 0.05) is 0 Å². The molecule has 0 unspecified atom stereocenters. The maximum Gasteiger partial charge on any atom is 0.196 e. The minimum absolute atomic E-state index is 0.792. The molecule has 22 heavy (non-hydrogen) atoms. The van der Waals surface area contributed by atoms with Gasteiger partial charge >= 0.3 is 0 Å². The number of hydrogen-bond acceptors (Lipinski definition) is 3. The molecule has 4 heteroatoms. The molecule has 0 saturated carbocycles. The van der Waals surface area contributed by atoms with Gasteiger partial charge in [0.05, 0.1) is 16.8 Å². The zero-order chi connectivity index (χ0) is 14.5. The zero-order valence-corrected chi connectivity index (χ0v) is 11.8. The summed E-state index contributed by atoms with van der Waals surface area (Å²) in [4.78, 5) is 4.86. The Morgan fingerprint density at radius 1 is 0.773 bits per heavy atom. The maximum absolute atomic E-state index is 5.40. The molecule has 0 radical (unpaired) electrons. The van der Waals surface area contributed by atoms with Crippen LogP contribution in [0.2, 0.25) is 0 Å². The van der Waals surface area contributed by atoms with Crippen molar-refractivity contribution in [2.24, 2.45) is 0 Å². The van der Waals surface area contributed by atoms with E-state index in [1.165, 1.54) is 16.5 Å². The van der Waals surface area contributed by atoms with E-state index in [1.807, 2.05) is 30.3 Å². The molecule has 0 amide bonds. The summed E-state index contributed by atoms with van der Waals surface area (Å²) < 4.78 is 5.40. The number of nitrogens with zero attached hydrogens (tertiary/aromatic N) is 2. The first kappa shape index (κ1) is 11.7. The Morgan fingerprint density at radius 3 is 2.64 bits per heavy atom. The molecule has 2 aromatic carbocycles. The highest BCUT2D eigenvalue weighted by atomic mass is 16.5. The second-order valence-electron chi connectivity index (χ2n) is 5.57. The molecular formula is C18H11BN2O. The lowest BCUT2D eigenvalue weighted by Crippen LogP contribution is -2.20. The first-order valence-corrected chi connectivity index (χ1v) is 7.33. The van der Waals surface area contributed by atoms with Gasteiger partial charge in [0.1, 0.15) is 5.69 Å². The van der Waals surface area contributed by atoms with Crippen molar-refractivity contribution in [3.05, 3.63) is 60.7 Å². The molecule has 0 aliphatic carbocycles. The summed E-state index contributed by atoms with van der Waals surface area (Å²) in [6, 6.07) is 20.5. The van der Waals surface area contributed by atoms with Crippen LogP contribution in [0.1, 0.15) is 0 Å². The van der Waals surface area contributed by atoms with Gasteiger partial charge in [-0.15, -0.1) is 0 Å². The fourth-order valence-electron chi connectivity index (χ4n) is 3.18. The highest BCUT2D eigenvalue weighted by Gasteiger charge is 2.22. The molecule has 3 heterocycles. The Hall–Kier alpha value is -2.88. The fourth-order valence-corrected chi connectivity index (χ4v) is 3.18. The van der Waals surface area contributed by atoms with Crippen LogP contribution in [0.5, 0.6) is 0 Å². The molecule has 3 nitrogen and oxygen atoms in total. The van der Waals surface area contributed by atoms with Gasteiger partial charge in [-0.3, -0.25) is 0 Å². The van der Waals surface area contributed by atoms with Gasteiger partial charge in [0.15, 0.2) is 12.9 Å². The SMILES string of the molecule is B1c2ccccc2-c2nc(-c3noc4ccccc34)ccc21. The number of aromatic nitrogens is 2. The number of pyridine rings is 1. The van der Waals surface area contributed by atoms with E-state index in [2.05, 4.69) is 35.5 Å². The number of rotatable bonds is 1. The van der Waals surface area contributed by atoms with E-state index in [0.717, 1.165) is 35.3 Å². The number of para-hydroxylation sites is 1. The second-order valence-corrected chi connectivity index (χ2v) is 5.57. The monoisotopic (exact) mass is 282 g/mol. The van der Waals surface area contributed by atoms with Crippen molar-refractivity contribution in [2.75, 3.05) is 0 Å². The third-order valence-electron chi connectivity index (χ3n) is 4.25. The van der Waals surface area contributed by atoms with E-state index in [4.69, 9.17) is 9.51 Å². The fraction of sp³-hybridized carbons (Fsp3) is 0. The van der Waals surface area contributed by atoms with E-state index < -0.39 is 0 Å². The maximum atomic E-state index is 5.40. The Bertz CT molecular complexity index is 1020. The predicted molar refractivity (Wildman–Crippen MR) is 89.1 cm³/mol. The Labute approximate surface area is 127 Å². The molecule has 0 fully saturated rings. The van der Waals surface area contributed by atoms with E-state index in [1.54, 1.807) is 0 Å². The minimum atomic E-state index is 0.792. The molecule has 5 rings (SSSR count). The van der Waals surface area contributed by atoms with Crippen LogP contribution in [0.4, 0.5) is 0 Å². The standard InChI is InChI=1S/C18H11BN2O/c1-3-7-13-11(5-1)17-14(19-13)9-10-15(20-17)18-12-6-2-4-8-16(12)22-21-18/h1-10,19H. The predicted octanol–water partition coefficient (Wildman–Crippen LogP) is 2.26. The number of fused-ring (bicyclic) bond motifs is 4. The lowest BCUT2D eigenvalue weighted by atomic mass is 9.68. The van der Waals surface area contributed by atoms with E-state index in [-0.39, 0.29) is 0 Å². The van der Waals surface area contributed by atoms with Crippen molar-refractivity contribution in [1.82, 2.24) is 10.1 Å². The number of hydrogen-bond donors (Lipinski definition) is 0. The van der Waals surface area contributed by atoms with Crippen molar-refractivity contribution in [3.63, 3.8) is 0 Å². The van der Waals surface area contributed by atoms with Crippen molar-refractivity contribution < 1.29 is 4.52 Å². The third kappa shape index (κ3) is 1.58. The van der Waals surface area contributed by atoms with E-state index in [9.17, 15) is 0 Å². The Morgan fingerprint density at radius 2 is 1.64 bits per heavy atom. The summed E-state index contributed by atoms with van der Waals surface area (Å²) in [5.74, 6) is 0. The molecule has 0 spiro atoms.